The lowest BCUT2D eigenvalue weighted by atomic mass is 9.88. The molecule has 1 aliphatic rings. The van der Waals surface area contributed by atoms with Crippen LogP contribution in [-0.2, 0) is 17.9 Å². The largest absolute Gasteiger partial charge is 0.487 e. The van der Waals surface area contributed by atoms with Crippen LogP contribution in [0.4, 0.5) is 0 Å². The van der Waals surface area contributed by atoms with E-state index in [2.05, 4.69) is 17.6 Å². The van der Waals surface area contributed by atoms with Crippen molar-refractivity contribution in [3.05, 3.63) is 82.8 Å². The van der Waals surface area contributed by atoms with Crippen LogP contribution < -0.4 is 4.74 Å². The quantitative estimate of drug-likeness (QED) is 0.267. The molecule has 1 saturated carbocycles. The molecular formula is C33H41ClN4O4. The number of ether oxygens (including phenoxy) is 1. The molecular weight excluding hydrogens is 552 g/mol. The van der Waals surface area contributed by atoms with Crippen molar-refractivity contribution in [2.24, 2.45) is 5.92 Å². The van der Waals surface area contributed by atoms with Gasteiger partial charge in [-0.15, -0.1) is 0 Å². The van der Waals surface area contributed by atoms with E-state index in [0.717, 1.165) is 65.5 Å². The molecule has 1 unspecified atom stereocenters. The minimum Gasteiger partial charge on any atom is -0.487 e. The predicted molar refractivity (Wildman–Crippen MR) is 167 cm³/mol. The van der Waals surface area contributed by atoms with Gasteiger partial charge in [-0.2, -0.15) is 0 Å². The van der Waals surface area contributed by atoms with Gasteiger partial charge >= 0.3 is 0 Å². The first-order chi connectivity index (χ1) is 20.2. The molecule has 0 spiro atoms. The molecule has 0 aliphatic heterocycles. The zero-order valence-electron chi connectivity index (χ0n) is 24.7. The van der Waals surface area contributed by atoms with Gasteiger partial charge in [0.2, 0.25) is 5.91 Å². The first-order valence-corrected chi connectivity index (χ1v) is 14.8. The Kier molecular flexibility index (Phi) is 11.0. The van der Waals surface area contributed by atoms with Crippen molar-refractivity contribution < 1.29 is 19.7 Å². The van der Waals surface area contributed by atoms with Crippen molar-refractivity contribution in [3.8, 4) is 5.75 Å². The molecule has 2 aromatic heterocycles. The number of rotatable bonds is 12. The lowest BCUT2D eigenvalue weighted by Crippen LogP contribution is -2.42. The average molecular weight is 593 g/mol. The molecule has 2 heterocycles. The molecule has 0 saturated heterocycles. The number of carbonyl (C=O) groups excluding carboxylic acids is 1. The van der Waals surface area contributed by atoms with Gasteiger partial charge in [-0.05, 0) is 43.5 Å². The summed E-state index contributed by atoms with van der Waals surface area (Å²) in [6.07, 6.45) is 10.8. The Morgan fingerprint density at radius 3 is 2.69 bits per heavy atom. The number of allylic oxidation sites excluding steroid dienone is 2. The first-order valence-electron chi connectivity index (χ1n) is 14.5. The fourth-order valence-corrected chi connectivity index (χ4v) is 5.81. The second-order valence-electron chi connectivity index (χ2n) is 11.1. The van der Waals surface area contributed by atoms with Crippen LogP contribution in [0.25, 0.3) is 16.6 Å². The molecule has 8 nitrogen and oxygen atoms in total. The van der Waals surface area contributed by atoms with E-state index in [-0.39, 0.29) is 31.5 Å². The lowest BCUT2D eigenvalue weighted by molar-refractivity contribution is -0.139. The fraction of sp³-hybridized carbons (Fsp3) is 0.424. The number of carbonyl (C=O) groups is 1. The van der Waals surface area contributed by atoms with E-state index < -0.39 is 12.7 Å². The number of halogens is 1. The number of hydrogen-bond donors (Lipinski definition) is 2. The Morgan fingerprint density at radius 2 is 2.00 bits per heavy atom. The third kappa shape index (κ3) is 7.48. The van der Waals surface area contributed by atoms with Crippen LogP contribution in [0.5, 0.6) is 5.75 Å². The molecule has 1 fully saturated rings. The summed E-state index contributed by atoms with van der Waals surface area (Å²) >= 11 is 6.65. The van der Waals surface area contributed by atoms with Gasteiger partial charge < -0.3 is 24.7 Å². The Hall–Kier alpha value is -3.46. The molecule has 1 amide bonds. The Bertz CT molecular complexity index is 1440. The monoisotopic (exact) mass is 592 g/mol. The topological polar surface area (TPSA) is 99.0 Å². The molecule has 1 aromatic carbocycles. The Balaban J connectivity index is 1.65. The highest BCUT2D eigenvalue weighted by molar-refractivity contribution is 6.31. The molecule has 3 aromatic rings. The molecule has 0 radical (unpaired) electrons. The van der Waals surface area contributed by atoms with Gasteiger partial charge in [0.05, 0.1) is 17.7 Å². The SMILES string of the molecule is C=C/C=C(/c1cc(C)nc2c(OCc3c(Cl)cncc3CN(CC(O)CO)C(=O)C3CCCCC3)cccc12)N(C)C. The number of hydrogen-bond acceptors (Lipinski definition) is 7. The summed E-state index contributed by atoms with van der Waals surface area (Å²) in [5.74, 6) is 0.510. The summed E-state index contributed by atoms with van der Waals surface area (Å²) in [6.45, 7) is 5.77. The second kappa shape index (κ2) is 14.6. The highest BCUT2D eigenvalue weighted by Gasteiger charge is 2.28. The number of fused-ring (bicyclic) bond motifs is 1. The molecule has 1 aliphatic carbocycles. The van der Waals surface area contributed by atoms with Gasteiger partial charge in [-0.3, -0.25) is 9.78 Å². The van der Waals surface area contributed by atoms with Crippen molar-refractivity contribution in [1.29, 1.82) is 0 Å². The smallest absolute Gasteiger partial charge is 0.226 e. The molecule has 1 atom stereocenters. The summed E-state index contributed by atoms with van der Waals surface area (Å²) in [5.41, 5.74) is 5.05. The van der Waals surface area contributed by atoms with Gasteiger partial charge in [-0.1, -0.05) is 55.7 Å². The summed E-state index contributed by atoms with van der Waals surface area (Å²) in [5, 5.41) is 21.1. The van der Waals surface area contributed by atoms with Crippen LogP contribution in [0.3, 0.4) is 0 Å². The maximum atomic E-state index is 13.5. The third-order valence-electron chi connectivity index (χ3n) is 7.70. The Morgan fingerprint density at radius 1 is 1.24 bits per heavy atom. The maximum Gasteiger partial charge on any atom is 0.226 e. The average Bonchev–Trinajstić information content (AvgIpc) is 2.98. The van der Waals surface area contributed by atoms with Crippen LogP contribution in [0, 0.1) is 12.8 Å². The highest BCUT2D eigenvalue weighted by atomic mass is 35.5. The lowest BCUT2D eigenvalue weighted by Gasteiger charge is -2.31. The summed E-state index contributed by atoms with van der Waals surface area (Å²) in [7, 11) is 3.98. The van der Waals surface area contributed by atoms with Gasteiger partial charge in [0.1, 0.15) is 17.9 Å². The third-order valence-corrected chi connectivity index (χ3v) is 8.03. The van der Waals surface area contributed by atoms with E-state index in [1.54, 1.807) is 23.4 Å². The maximum absolute atomic E-state index is 13.5. The van der Waals surface area contributed by atoms with Gasteiger partial charge in [0.25, 0.3) is 0 Å². The molecule has 42 heavy (non-hydrogen) atoms. The van der Waals surface area contributed by atoms with E-state index in [1.165, 1.54) is 0 Å². The van der Waals surface area contributed by atoms with Gasteiger partial charge in [0.15, 0.2) is 0 Å². The van der Waals surface area contributed by atoms with E-state index in [1.807, 2.05) is 50.2 Å². The van der Waals surface area contributed by atoms with Crippen LogP contribution in [0.1, 0.15) is 54.5 Å². The van der Waals surface area contributed by atoms with Crippen molar-refractivity contribution >= 4 is 34.1 Å². The van der Waals surface area contributed by atoms with Crippen LogP contribution in [0.15, 0.2) is 55.4 Å². The minimum atomic E-state index is -1.04. The summed E-state index contributed by atoms with van der Waals surface area (Å²) in [4.78, 5) is 26.3. The highest BCUT2D eigenvalue weighted by Crippen LogP contribution is 2.33. The number of aromatic nitrogens is 2. The number of aryl methyl sites for hydroxylation is 1. The normalized spacial score (nSPS) is 15.0. The summed E-state index contributed by atoms with van der Waals surface area (Å²) in [6, 6.07) is 7.90. The second-order valence-corrected chi connectivity index (χ2v) is 11.5. The van der Waals surface area contributed by atoms with Gasteiger partial charge in [-0.25, -0.2) is 4.98 Å². The minimum absolute atomic E-state index is 0.0143. The van der Waals surface area contributed by atoms with Crippen LogP contribution in [-0.4, -0.2) is 69.2 Å². The van der Waals surface area contributed by atoms with Crippen LogP contribution in [0.2, 0.25) is 5.02 Å². The van der Waals surface area contributed by atoms with Crippen molar-refractivity contribution in [2.75, 3.05) is 27.2 Å². The van der Waals surface area contributed by atoms with Crippen molar-refractivity contribution in [2.45, 2.75) is 58.3 Å². The fourth-order valence-electron chi connectivity index (χ4n) is 5.58. The number of pyridine rings is 2. The first kappa shape index (κ1) is 31.5. The van der Waals surface area contributed by atoms with E-state index in [0.29, 0.717) is 16.3 Å². The number of para-hydroxylation sites is 1. The molecule has 2 N–H and O–H groups in total. The van der Waals surface area contributed by atoms with E-state index in [4.69, 9.17) is 21.3 Å². The number of benzene rings is 1. The molecule has 224 valence electrons. The van der Waals surface area contributed by atoms with E-state index in [9.17, 15) is 15.0 Å². The molecule has 4 rings (SSSR count). The van der Waals surface area contributed by atoms with Crippen LogP contribution >= 0.6 is 11.6 Å². The zero-order valence-corrected chi connectivity index (χ0v) is 25.5. The molecule has 9 heteroatoms. The van der Waals surface area contributed by atoms with Crippen molar-refractivity contribution in [3.63, 3.8) is 0 Å². The number of nitrogens with zero attached hydrogens (tertiary/aromatic N) is 4. The van der Waals surface area contributed by atoms with Gasteiger partial charge in [0, 0.05) is 73.4 Å². The standard InChI is InChI=1S/C33H41ClN4O4/c1-5-10-30(37(3)4)27-15-22(2)36-32-26(27)13-9-14-31(32)42-21-28-24(16-35-17-29(28)34)18-38(19-25(40)20-39)33(41)23-11-7-6-8-12-23/h5,9-10,13-17,23,25,39-40H,1,6-8,11-12,18-21H2,2-4H3/b30-10-. The number of amides is 1. The van der Waals surface area contributed by atoms with E-state index >= 15 is 0 Å². The molecule has 0 bridgehead atoms. The number of aliphatic hydroxyl groups excluding tert-OH is 2. The number of aliphatic hydroxyl groups is 2. The van der Waals surface area contributed by atoms with Crippen molar-refractivity contribution in [1.82, 2.24) is 19.8 Å². The zero-order chi connectivity index (χ0) is 30.2. The predicted octanol–water partition coefficient (Wildman–Crippen LogP) is 5.52. The Labute approximate surface area is 253 Å². The summed E-state index contributed by atoms with van der Waals surface area (Å²) < 4.78 is 6.38.